The molecule has 0 N–H and O–H groups in total. The van der Waals surface area contributed by atoms with Gasteiger partial charge in [-0.3, -0.25) is 4.79 Å². The molecule has 2 atom stereocenters. The largest absolute Gasteiger partial charge is 0.431 e. The van der Waals surface area contributed by atoms with Crippen molar-refractivity contribution in [1.29, 1.82) is 0 Å². The second-order valence-electron chi connectivity index (χ2n) is 5.10. The van der Waals surface area contributed by atoms with Crippen LogP contribution >= 0.6 is 22.6 Å². The number of carbonyl (C=O) groups is 1. The van der Waals surface area contributed by atoms with Gasteiger partial charge >= 0.3 is 12.4 Å². The van der Waals surface area contributed by atoms with Gasteiger partial charge in [0.15, 0.2) is 0 Å². The summed E-state index contributed by atoms with van der Waals surface area (Å²) in [7, 11) is 0. The maximum absolute atomic E-state index is 13.7. The van der Waals surface area contributed by atoms with Crippen LogP contribution in [0.3, 0.4) is 0 Å². The van der Waals surface area contributed by atoms with Crippen LogP contribution in [-0.2, 0) is 4.79 Å². The monoisotopic (exact) mass is 435 g/mol. The lowest BCUT2D eigenvalue weighted by molar-refractivity contribution is -0.346. The van der Waals surface area contributed by atoms with Gasteiger partial charge in [0.2, 0.25) is 5.91 Å². The lowest BCUT2D eigenvalue weighted by atomic mass is 9.85. The molecule has 0 radical (unpaired) electrons. The first kappa shape index (κ1) is 18.8. The molecule has 0 aromatic carbocycles. The van der Waals surface area contributed by atoms with Crippen molar-refractivity contribution in [3.63, 3.8) is 0 Å². The van der Waals surface area contributed by atoms with Crippen molar-refractivity contribution in [3.05, 3.63) is 0 Å². The molecular weight excluding hydrogens is 422 g/mol. The number of halogens is 8. The molecule has 1 heterocycles. The fraction of sp³-hybridized carbons (Fsp3) is 0.909. The molecule has 0 spiro atoms. The van der Waals surface area contributed by atoms with E-state index in [1.54, 1.807) is 0 Å². The average Bonchev–Trinajstić information content (AvgIpc) is 2.69. The van der Waals surface area contributed by atoms with Crippen LogP contribution < -0.4 is 0 Å². The summed E-state index contributed by atoms with van der Waals surface area (Å²) >= 11 is 1.81. The highest BCUT2D eigenvalue weighted by atomic mass is 127. The Morgan fingerprint density at radius 2 is 1.48 bits per heavy atom. The SMILES string of the molecule is CC(=O)N1C[C@@H](CI)[C@H](CC(F)(C(F)(F)F)C(F)(F)F)C1. The average molecular weight is 435 g/mol. The van der Waals surface area contributed by atoms with Gasteiger partial charge < -0.3 is 4.90 Å². The fourth-order valence-electron chi connectivity index (χ4n) is 2.36. The van der Waals surface area contributed by atoms with Crippen molar-refractivity contribution < 1.29 is 35.5 Å². The van der Waals surface area contributed by atoms with Gasteiger partial charge in [0, 0.05) is 30.9 Å². The molecule has 21 heavy (non-hydrogen) atoms. The van der Waals surface area contributed by atoms with Gasteiger partial charge in [0.05, 0.1) is 0 Å². The summed E-state index contributed by atoms with van der Waals surface area (Å²) in [5.41, 5.74) is -5.25. The van der Waals surface area contributed by atoms with Crippen molar-refractivity contribution in [1.82, 2.24) is 4.90 Å². The van der Waals surface area contributed by atoms with Crippen molar-refractivity contribution in [2.45, 2.75) is 31.4 Å². The van der Waals surface area contributed by atoms with Gasteiger partial charge in [-0.1, -0.05) is 22.6 Å². The molecule has 1 fully saturated rings. The predicted octanol–water partition coefficient (Wildman–Crippen LogP) is 3.74. The standard InChI is InChI=1S/C11H13F7INO/c1-6(21)20-4-7(8(3-19)5-20)2-9(12,10(13,14)15)11(16,17)18/h7-8H,2-5H2,1H3/t7-,8-/m1/s1. The van der Waals surface area contributed by atoms with E-state index in [4.69, 9.17) is 0 Å². The number of nitrogens with zero attached hydrogens (tertiary/aromatic N) is 1. The molecular formula is C11H13F7INO. The molecule has 0 unspecified atom stereocenters. The summed E-state index contributed by atoms with van der Waals surface area (Å²) in [4.78, 5) is 12.4. The Morgan fingerprint density at radius 1 is 1.05 bits per heavy atom. The van der Waals surface area contributed by atoms with E-state index >= 15 is 0 Å². The van der Waals surface area contributed by atoms with Crippen LogP contribution in [0.25, 0.3) is 0 Å². The van der Waals surface area contributed by atoms with Crippen LogP contribution in [0.15, 0.2) is 0 Å². The molecule has 0 saturated carbocycles. The first-order valence-corrected chi connectivity index (χ1v) is 7.50. The number of rotatable bonds is 3. The summed E-state index contributed by atoms with van der Waals surface area (Å²) in [5.74, 6) is -2.22. The van der Waals surface area contributed by atoms with Crippen LogP contribution in [-0.4, -0.2) is 46.3 Å². The summed E-state index contributed by atoms with van der Waals surface area (Å²) in [6, 6.07) is 0. The minimum Gasteiger partial charge on any atom is -0.342 e. The smallest absolute Gasteiger partial charge is 0.342 e. The molecule has 1 amide bonds. The Kier molecular flexibility index (Phi) is 5.42. The zero-order valence-electron chi connectivity index (χ0n) is 10.9. The van der Waals surface area contributed by atoms with E-state index in [1.165, 1.54) is 6.92 Å². The summed E-state index contributed by atoms with van der Waals surface area (Å²) in [5, 5.41) is 0. The van der Waals surface area contributed by atoms with E-state index in [2.05, 4.69) is 0 Å². The highest BCUT2D eigenvalue weighted by molar-refractivity contribution is 14.1. The van der Waals surface area contributed by atoms with Gasteiger partial charge in [-0.05, 0) is 11.8 Å². The Labute approximate surface area is 130 Å². The molecule has 0 aromatic rings. The highest BCUT2D eigenvalue weighted by Crippen LogP contribution is 2.51. The molecule has 1 saturated heterocycles. The van der Waals surface area contributed by atoms with E-state index in [0.717, 1.165) is 4.90 Å². The highest BCUT2D eigenvalue weighted by Gasteiger charge is 2.73. The lowest BCUT2D eigenvalue weighted by Gasteiger charge is -2.33. The van der Waals surface area contributed by atoms with Crippen molar-refractivity contribution in [3.8, 4) is 0 Å². The van der Waals surface area contributed by atoms with Crippen molar-refractivity contribution in [2.75, 3.05) is 17.5 Å². The van der Waals surface area contributed by atoms with Crippen LogP contribution in [0.1, 0.15) is 13.3 Å². The Morgan fingerprint density at radius 3 is 1.81 bits per heavy atom. The van der Waals surface area contributed by atoms with Gasteiger partial charge in [-0.25, -0.2) is 4.39 Å². The zero-order valence-corrected chi connectivity index (χ0v) is 13.0. The number of carbonyl (C=O) groups excluding carboxylic acids is 1. The van der Waals surface area contributed by atoms with Crippen LogP contribution in [0, 0.1) is 11.8 Å². The quantitative estimate of drug-likeness (QED) is 0.376. The van der Waals surface area contributed by atoms with Crippen LogP contribution in [0.2, 0.25) is 0 Å². The minimum atomic E-state index is -6.04. The number of likely N-dealkylation sites (tertiary alicyclic amines) is 1. The third-order valence-corrected chi connectivity index (χ3v) is 4.79. The topological polar surface area (TPSA) is 20.3 Å². The number of hydrogen-bond acceptors (Lipinski definition) is 1. The lowest BCUT2D eigenvalue weighted by Crippen LogP contribution is -2.54. The van der Waals surface area contributed by atoms with E-state index in [1.807, 2.05) is 22.6 Å². The van der Waals surface area contributed by atoms with E-state index < -0.39 is 42.2 Å². The van der Waals surface area contributed by atoms with Gasteiger partial charge in [0.25, 0.3) is 5.67 Å². The number of hydrogen-bond donors (Lipinski definition) is 0. The summed E-state index contributed by atoms with van der Waals surface area (Å²) < 4.78 is 89.4. The maximum Gasteiger partial charge on any atom is 0.431 e. The molecule has 1 aliphatic rings. The zero-order chi connectivity index (χ0) is 16.6. The third-order valence-electron chi connectivity index (χ3n) is 3.66. The van der Waals surface area contributed by atoms with Crippen molar-refractivity contribution >= 4 is 28.5 Å². The summed E-state index contributed by atoms with van der Waals surface area (Å²) in [6.07, 6.45) is -13.8. The molecule has 1 aliphatic heterocycles. The molecule has 0 aliphatic carbocycles. The normalized spacial score (nSPS) is 24.5. The van der Waals surface area contributed by atoms with Crippen LogP contribution in [0.4, 0.5) is 30.7 Å². The second-order valence-corrected chi connectivity index (χ2v) is 5.98. The van der Waals surface area contributed by atoms with E-state index in [0.29, 0.717) is 0 Å². The molecule has 2 nitrogen and oxygen atoms in total. The Balaban J connectivity index is 3.02. The second kappa shape index (κ2) is 6.07. The van der Waals surface area contributed by atoms with Gasteiger partial charge in [-0.2, -0.15) is 26.3 Å². The van der Waals surface area contributed by atoms with E-state index in [9.17, 15) is 35.5 Å². The molecule has 1 rings (SSSR count). The van der Waals surface area contributed by atoms with E-state index in [-0.39, 0.29) is 17.5 Å². The first-order chi connectivity index (χ1) is 9.33. The Hall–Kier alpha value is -0.290. The number of alkyl halides is 8. The predicted molar refractivity (Wildman–Crippen MR) is 68.7 cm³/mol. The number of amides is 1. The molecule has 124 valence electrons. The van der Waals surface area contributed by atoms with Gasteiger partial charge in [-0.15, -0.1) is 0 Å². The minimum absolute atomic E-state index is 0.0503. The van der Waals surface area contributed by atoms with Gasteiger partial charge in [0.1, 0.15) is 0 Å². The Bertz CT molecular complexity index is 381. The third kappa shape index (κ3) is 3.73. The van der Waals surface area contributed by atoms with Crippen molar-refractivity contribution in [2.24, 2.45) is 11.8 Å². The summed E-state index contributed by atoms with van der Waals surface area (Å²) in [6.45, 7) is 0.929. The molecule has 10 heteroatoms. The van der Waals surface area contributed by atoms with Crippen LogP contribution in [0.5, 0.6) is 0 Å². The fourth-order valence-corrected chi connectivity index (χ4v) is 3.35. The first-order valence-electron chi connectivity index (χ1n) is 5.97. The molecule has 0 aromatic heterocycles. The molecule has 0 bridgehead atoms. The maximum atomic E-state index is 13.7.